The van der Waals surface area contributed by atoms with E-state index in [1.54, 1.807) is 17.9 Å². The van der Waals surface area contributed by atoms with Crippen LogP contribution in [0, 0.1) is 6.92 Å². The fourth-order valence-electron chi connectivity index (χ4n) is 4.64. The summed E-state index contributed by atoms with van der Waals surface area (Å²) in [5, 5.41) is 0.513. The van der Waals surface area contributed by atoms with Gasteiger partial charge in [0.15, 0.2) is 6.10 Å². The lowest BCUT2D eigenvalue weighted by atomic mass is 10.00. The number of fused-ring (bicyclic) bond motifs is 3. The molecular weight excluding hydrogens is 394 g/mol. The van der Waals surface area contributed by atoms with Crippen LogP contribution in [-0.2, 0) is 24.4 Å². The van der Waals surface area contributed by atoms with Gasteiger partial charge in [-0.25, -0.2) is 4.79 Å². The van der Waals surface area contributed by atoms with Crippen LogP contribution in [0.25, 0.3) is 22.2 Å². The highest BCUT2D eigenvalue weighted by molar-refractivity contribution is 5.96. The molecule has 160 valence electrons. The Balaban J connectivity index is 2.03. The van der Waals surface area contributed by atoms with E-state index in [4.69, 9.17) is 9.15 Å². The Hall–Kier alpha value is -3.32. The monoisotopic (exact) mass is 419 g/mol. The molecule has 1 aromatic carbocycles. The molecule has 3 aromatic heterocycles. The molecule has 1 aliphatic heterocycles. The van der Waals surface area contributed by atoms with Crippen molar-refractivity contribution < 1.29 is 9.15 Å². The molecule has 0 saturated heterocycles. The number of benzene rings is 1. The topological polar surface area (TPSA) is 71.3 Å². The summed E-state index contributed by atoms with van der Waals surface area (Å²) in [6.07, 6.45) is 1.08. The number of rotatable bonds is 2. The zero-order chi connectivity index (χ0) is 22.1. The number of aromatic nitrogens is 3. The summed E-state index contributed by atoms with van der Waals surface area (Å²) in [4.78, 5) is 26.3. The van der Waals surface area contributed by atoms with Crippen LogP contribution >= 0.6 is 0 Å². The van der Waals surface area contributed by atoms with E-state index >= 15 is 0 Å². The van der Waals surface area contributed by atoms with E-state index in [1.165, 1.54) is 11.6 Å². The highest BCUT2D eigenvalue weighted by atomic mass is 16.5. The van der Waals surface area contributed by atoms with Crippen molar-refractivity contribution in [2.24, 2.45) is 14.1 Å². The summed E-state index contributed by atoms with van der Waals surface area (Å²) in [6.45, 7) is 6.62. The Morgan fingerprint density at radius 2 is 1.74 bits per heavy atom. The summed E-state index contributed by atoms with van der Waals surface area (Å²) < 4.78 is 16.8. The van der Waals surface area contributed by atoms with Gasteiger partial charge in [0.2, 0.25) is 0 Å². The van der Waals surface area contributed by atoms with Crippen LogP contribution in [0.4, 0.5) is 0 Å². The zero-order valence-electron chi connectivity index (χ0n) is 18.3. The maximum atomic E-state index is 13.5. The van der Waals surface area contributed by atoms with Crippen LogP contribution in [0.1, 0.15) is 37.0 Å². The first-order valence-electron chi connectivity index (χ1n) is 10.3. The van der Waals surface area contributed by atoms with Gasteiger partial charge >= 0.3 is 5.69 Å². The van der Waals surface area contributed by atoms with Gasteiger partial charge in [0.25, 0.3) is 5.56 Å². The Kier molecular flexibility index (Phi) is 4.17. The smallest absolute Gasteiger partial charge is 0.331 e. The molecular formula is C24H25N3O4. The van der Waals surface area contributed by atoms with Gasteiger partial charge in [0.05, 0.1) is 40.7 Å². The van der Waals surface area contributed by atoms with Crippen LogP contribution in [0.3, 0.4) is 0 Å². The summed E-state index contributed by atoms with van der Waals surface area (Å²) in [6, 6.07) is 11.8. The largest absolute Gasteiger partial charge is 0.466 e. The van der Waals surface area contributed by atoms with E-state index in [1.807, 2.05) is 43.3 Å². The molecule has 4 aromatic rings. The fourth-order valence-corrected chi connectivity index (χ4v) is 4.64. The predicted octanol–water partition coefficient (Wildman–Crippen LogP) is 3.46. The molecule has 0 N–H and O–H groups in total. The fraction of sp³-hybridized carbons (Fsp3) is 0.333. The van der Waals surface area contributed by atoms with Gasteiger partial charge in [-0.3, -0.25) is 13.9 Å². The molecule has 0 spiro atoms. The molecule has 5 rings (SSSR count). The van der Waals surface area contributed by atoms with E-state index in [9.17, 15) is 9.59 Å². The van der Waals surface area contributed by atoms with Crippen molar-refractivity contribution in [3.8, 4) is 11.3 Å². The zero-order valence-corrected chi connectivity index (χ0v) is 18.3. The van der Waals surface area contributed by atoms with Gasteiger partial charge in [-0.1, -0.05) is 29.8 Å². The van der Waals surface area contributed by atoms with Crippen LogP contribution in [0.5, 0.6) is 0 Å². The van der Waals surface area contributed by atoms with Crippen LogP contribution < -0.4 is 11.2 Å². The van der Waals surface area contributed by atoms with Crippen molar-refractivity contribution in [2.45, 2.75) is 32.4 Å². The Bertz CT molecular complexity index is 1420. The first kappa shape index (κ1) is 19.6. The number of hydrogen-bond acceptors (Lipinski definition) is 4. The third-order valence-corrected chi connectivity index (χ3v) is 6.19. The van der Waals surface area contributed by atoms with Gasteiger partial charge in [0, 0.05) is 14.1 Å². The number of hydrogen-bond donors (Lipinski definition) is 0. The molecule has 7 nitrogen and oxygen atoms in total. The average molecular weight is 419 g/mol. The Morgan fingerprint density at radius 3 is 2.39 bits per heavy atom. The average Bonchev–Trinajstić information content (AvgIpc) is 3.39. The number of furan rings is 1. The SMILES string of the molecule is Cc1ccc(-c2c3c(=O)n(C)c(=O)n(C)c3c3n2C(C)(C)CO[C@H]3c2ccco2)cc1. The molecule has 4 heterocycles. The van der Waals surface area contributed by atoms with Crippen LogP contribution in [-0.4, -0.2) is 20.3 Å². The second-order valence-corrected chi connectivity index (χ2v) is 8.88. The van der Waals surface area contributed by atoms with Crippen molar-refractivity contribution in [3.05, 3.63) is 80.5 Å². The third kappa shape index (κ3) is 2.69. The Morgan fingerprint density at radius 1 is 1.03 bits per heavy atom. The minimum absolute atomic E-state index is 0.315. The van der Waals surface area contributed by atoms with E-state index in [0.717, 1.165) is 22.5 Å². The number of nitrogens with zero attached hydrogens (tertiary/aromatic N) is 3. The van der Waals surface area contributed by atoms with Gasteiger partial charge in [0.1, 0.15) is 5.76 Å². The molecule has 0 aliphatic carbocycles. The van der Waals surface area contributed by atoms with Gasteiger partial charge < -0.3 is 13.7 Å². The molecule has 0 bridgehead atoms. The first-order valence-corrected chi connectivity index (χ1v) is 10.3. The van der Waals surface area contributed by atoms with E-state index < -0.39 is 11.6 Å². The molecule has 0 fully saturated rings. The van der Waals surface area contributed by atoms with E-state index in [2.05, 4.69) is 18.4 Å². The number of aryl methyl sites for hydroxylation is 2. The maximum Gasteiger partial charge on any atom is 0.331 e. The molecule has 0 amide bonds. The molecule has 0 unspecified atom stereocenters. The third-order valence-electron chi connectivity index (χ3n) is 6.19. The highest BCUT2D eigenvalue weighted by Gasteiger charge is 2.41. The number of ether oxygens (including phenoxy) is 1. The standard InChI is InChI=1S/C24H25N3O4/c1-14-8-10-15(11-9-14)18-17-19(25(4)23(29)26(5)22(17)28)20-21(16-7-6-12-30-16)31-13-24(2,3)27(18)20/h6-12,21H,13H2,1-5H3/t21-/m0/s1. The van der Waals surface area contributed by atoms with Crippen molar-refractivity contribution >= 4 is 10.9 Å². The maximum absolute atomic E-state index is 13.5. The molecule has 1 aliphatic rings. The predicted molar refractivity (Wildman–Crippen MR) is 118 cm³/mol. The summed E-state index contributed by atoms with van der Waals surface area (Å²) in [5.41, 5.74) is 3.06. The molecule has 31 heavy (non-hydrogen) atoms. The molecule has 0 saturated carbocycles. The highest BCUT2D eigenvalue weighted by Crippen LogP contribution is 2.45. The molecule has 7 heteroatoms. The van der Waals surface area contributed by atoms with Crippen molar-refractivity contribution in [1.29, 1.82) is 0 Å². The van der Waals surface area contributed by atoms with E-state index in [-0.39, 0.29) is 11.2 Å². The van der Waals surface area contributed by atoms with Gasteiger partial charge in [-0.2, -0.15) is 0 Å². The summed E-state index contributed by atoms with van der Waals surface area (Å²) in [5.74, 6) is 0.639. The summed E-state index contributed by atoms with van der Waals surface area (Å²) >= 11 is 0. The Labute approximate surface area is 179 Å². The minimum atomic E-state index is -0.526. The van der Waals surface area contributed by atoms with E-state index in [0.29, 0.717) is 23.3 Å². The normalized spacial score (nSPS) is 17.8. The van der Waals surface area contributed by atoms with Crippen molar-refractivity contribution in [2.75, 3.05) is 6.61 Å². The molecule has 0 radical (unpaired) electrons. The molecule has 1 atom stereocenters. The van der Waals surface area contributed by atoms with Crippen LogP contribution in [0.15, 0.2) is 56.7 Å². The summed E-state index contributed by atoms with van der Waals surface area (Å²) in [7, 11) is 3.22. The lowest BCUT2D eigenvalue weighted by molar-refractivity contribution is -0.0164. The lowest BCUT2D eigenvalue weighted by Crippen LogP contribution is -2.40. The van der Waals surface area contributed by atoms with Gasteiger partial charge in [-0.15, -0.1) is 0 Å². The lowest BCUT2D eigenvalue weighted by Gasteiger charge is -2.38. The van der Waals surface area contributed by atoms with Crippen molar-refractivity contribution in [3.63, 3.8) is 0 Å². The second kappa shape index (κ2) is 6.59. The minimum Gasteiger partial charge on any atom is -0.466 e. The quantitative estimate of drug-likeness (QED) is 0.499. The second-order valence-electron chi connectivity index (χ2n) is 8.88. The van der Waals surface area contributed by atoms with Crippen molar-refractivity contribution in [1.82, 2.24) is 13.7 Å². The van der Waals surface area contributed by atoms with Gasteiger partial charge in [-0.05, 0) is 38.5 Å². The van der Waals surface area contributed by atoms with Crippen LogP contribution in [0.2, 0.25) is 0 Å². The first-order chi connectivity index (χ1) is 14.7.